The predicted molar refractivity (Wildman–Crippen MR) is 153 cm³/mol. The Labute approximate surface area is 244 Å². The molecule has 0 spiro atoms. The fraction of sp³-hybridized carbons (Fsp3) is 0.138. The molecular weight excluding hydrogens is 590 g/mol. The third-order valence-electron chi connectivity index (χ3n) is 5.75. The molecule has 0 bridgehead atoms. The molecule has 218 valence electrons. The zero-order valence-corrected chi connectivity index (χ0v) is 23.9. The van der Waals surface area contributed by atoms with Crippen molar-refractivity contribution in [1.82, 2.24) is 0 Å². The molecule has 42 heavy (non-hydrogen) atoms. The molecule has 0 fully saturated rings. The number of thiophene rings is 1. The van der Waals surface area contributed by atoms with Crippen LogP contribution in [0.25, 0.3) is 10.4 Å². The molecule has 0 aliphatic heterocycles. The molecule has 0 aliphatic carbocycles. The minimum absolute atomic E-state index is 0.0140. The number of esters is 2. The Bertz CT molecular complexity index is 1720. The van der Waals surface area contributed by atoms with Crippen molar-refractivity contribution in [3.63, 3.8) is 0 Å². The molecule has 4 aromatic rings. The highest BCUT2D eigenvalue weighted by molar-refractivity contribution is 7.92. The number of hydrogen-bond acceptors (Lipinski definition) is 8. The van der Waals surface area contributed by atoms with Gasteiger partial charge in [0.2, 0.25) is 0 Å². The van der Waals surface area contributed by atoms with Crippen LogP contribution in [-0.2, 0) is 24.3 Å². The summed E-state index contributed by atoms with van der Waals surface area (Å²) in [4.78, 5) is 38.3. The monoisotopic (exact) mass is 614 g/mol. The fourth-order valence-corrected chi connectivity index (χ4v) is 5.74. The number of benzene rings is 3. The summed E-state index contributed by atoms with van der Waals surface area (Å²) in [5, 5.41) is 2.86. The summed E-state index contributed by atoms with van der Waals surface area (Å²) in [7, 11) is -4.23. The van der Waals surface area contributed by atoms with E-state index in [1.165, 1.54) is 31.2 Å². The van der Waals surface area contributed by atoms with E-state index in [1.54, 1.807) is 13.0 Å². The number of hydrogen-bond donors (Lipinski definition) is 2. The maximum absolute atomic E-state index is 13.5. The SMILES string of the molecule is CCOC(=O)c1cc(-c2ccccc2)sc1NC(=O)[C@H](C)OC(=O)c1ccc(NS(=O)(=O)c2ccc(F)c(F)c2)cc1. The summed E-state index contributed by atoms with van der Waals surface area (Å²) in [6.45, 7) is 3.16. The minimum Gasteiger partial charge on any atom is -0.462 e. The van der Waals surface area contributed by atoms with Gasteiger partial charge >= 0.3 is 11.9 Å². The van der Waals surface area contributed by atoms with Gasteiger partial charge in [0.15, 0.2) is 17.7 Å². The Balaban J connectivity index is 1.42. The van der Waals surface area contributed by atoms with Gasteiger partial charge in [-0.3, -0.25) is 9.52 Å². The smallest absolute Gasteiger partial charge is 0.341 e. The summed E-state index contributed by atoms with van der Waals surface area (Å²) in [5.74, 6) is -4.68. The van der Waals surface area contributed by atoms with E-state index in [9.17, 15) is 31.6 Å². The highest BCUT2D eigenvalue weighted by atomic mass is 32.2. The molecule has 2 N–H and O–H groups in total. The van der Waals surface area contributed by atoms with E-state index in [0.29, 0.717) is 12.1 Å². The van der Waals surface area contributed by atoms with E-state index in [0.717, 1.165) is 27.8 Å². The molecule has 13 heteroatoms. The van der Waals surface area contributed by atoms with Crippen LogP contribution in [-0.4, -0.2) is 39.0 Å². The number of ether oxygens (including phenoxy) is 2. The van der Waals surface area contributed by atoms with E-state index in [2.05, 4.69) is 10.0 Å². The highest BCUT2D eigenvalue weighted by Gasteiger charge is 2.24. The molecule has 4 rings (SSSR count). The first kappa shape index (κ1) is 30.3. The molecule has 1 amide bonds. The van der Waals surface area contributed by atoms with Crippen LogP contribution in [0.2, 0.25) is 0 Å². The maximum Gasteiger partial charge on any atom is 0.341 e. The minimum atomic E-state index is -4.23. The molecule has 3 aromatic carbocycles. The van der Waals surface area contributed by atoms with E-state index >= 15 is 0 Å². The van der Waals surface area contributed by atoms with Crippen LogP contribution < -0.4 is 10.0 Å². The van der Waals surface area contributed by atoms with Crippen molar-refractivity contribution in [3.05, 3.63) is 102 Å². The van der Waals surface area contributed by atoms with E-state index in [-0.39, 0.29) is 28.4 Å². The standard InChI is InChI=1S/C29H24F2N2O7S2/c1-3-39-29(36)22-16-25(18-7-5-4-6-8-18)41-27(22)32-26(34)17(2)40-28(35)19-9-11-20(12-10-19)33-42(37,38)21-13-14-23(30)24(31)15-21/h4-17,33H,3H2,1-2H3,(H,32,34)/t17-/m0/s1. The van der Waals surface area contributed by atoms with Crippen LogP contribution in [0.1, 0.15) is 34.6 Å². The fourth-order valence-electron chi connectivity index (χ4n) is 3.62. The molecular formula is C29H24F2N2O7S2. The number of anilines is 2. The van der Waals surface area contributed by atoms with E-state index < -0.39 is 50.5 Å². The van der Waals surface area contributed by atoms with Crippen molar-refractivity contribution in [2.75, 3.05) is 16.6 Å². The Hall–Kier alpha value is -4.62. The van der Waals surface area contributed by atoms with Gasteiger partial charge in [-0.1, -0.05) is 30.3 Å². The first-order chi connectivity index (χ1) is 20.0. The number of carbonyl (C=O) groups is 3. The molecule has 1 heterocycles. The molecule has 1 aromatic heterocycles. The first-order valence-corrected chi connectivity index (χ1v) is 14.7. The summed E-state index contributed by atoms with van der Waals surface area (Å²) in [6, 6.07) is 18.1. The highest BCUT2D eigenvalue weighted by Crippen LogP contribution is 2.36. The van der Waals surface area contributed by atoms with Gasteiger partial charge in [-0.05, 0) is 67.9 Å². The van der Waals surface area contributed by atoms with E-state index in [4.69, 9.17) is 9.47 Å². The number of sulfonamides is 1. The molecule has 0 radical (unpaired) electrons. The van der Waals surface area contributed by atoms with Gasteiger partial charge in [0.05, 0.1) is 22.6 Å². The van der Waals surface area contributed by atoms with Crippen molar-refractivity contribution in [1.29, 1.82) is 0 Å². The second-order valence-corrected chi connectivity index (χ2v) is 11.5. The van der Waals surface area contributed by atoms with Crippen LogP contribution in [0.3, 0.4) is 0 Å². The molecule has 0 unspecified atom stereocenters. The van der Waals surface area contributed by atoms with Gasteiger partial charge in [0, 0.05) is 10.6 Å². The summed E-state index contributed by atoms with van der Waals surface area (Å²) >= 11 is 1.16. The molecule has 9 nitrogen and oxygen atoms in total. The zero-order valence-electron chi connectivity index (χ0n) is 22.2. The lowest BCUT2D eigenvalue weighted by Crippen LogP contribution is -2.30. The lowest BCUT2D eigenvalue weighted by molar-refractivity contribution is -0.123. The average Bonchev–Trinajstić information content (AvgIpc) is 3.39. The number of amides is 1. The lowest BCUT2D eigenvalue weighted by Gasteiger charge is -2.14. The van der Waals surface area contributed by atoms with Crippen LogP contribution in [0, 0.1) is 11.6 Å². The van der Waals surface area contributed by atoms with Gasteiger partial charge < -0.3 is 14.8 Å². The van der Waals surface area contributed by atoms with Crippen LogP contribution in [0.4, 0.5) is 19.5 Å². The Kier molecular flexibility index (Phi) is 9.33. The molecule has 1 atom stereocenters. The maximum atomic E-state index is 13.5. The Morgan fingerprint density at radius 3 is 2.24 bits per heavy atom. The predicted octanol–water partition coefficient (Wildman–Crippen LogP) is 5.85. The van der Waals surface area contributed by atoms with Crippen molar-refractivity contribution in [2.24, 2.45) is 0 Å². The van der Waals surface area contributed by atoms with Crippen LogP contribution in [0.15, 0.2) is 83.8 Å². The lowest BCUT2D eigenvalue weighted by atomic mass is 10.1. The van der Waals surface area contributed by atoms with Crippen molar-refractivity contribution in [2.45, 2.75) is 24.8 Å². The molecule has 0 aliphatic rings. The molecule has 0 saturated heterocycles. The van der Waals surface area contributed by atoms with Crippen molar-refractivity contribution < 1.29 is 41.1 Å². The number of rotatable bonds is 10. The van der Waals surface area contributed by atoms with Crippen LogP contribution >= 0.6 is 11.3 Å². The van der Waals surface area contributed by atoms with E-state index in [1.807, 2.05) is 30.3 Å². The van der Waals surface area contributed by atoms with Gasteiger partial charge in [-0.2, -0.15) is 0 Å². The summed E-state index contributed by atoms with van der Waals surface area (Å²) < 4.78 is 64.1. The number of halogens is 2. The Morgan fingerprint density at radius 1 is 0.905 bits per heavy atom. The summed E-state index contributed by atoms with van der Waals surface area (Å²) in [5.41, 5.74) is 1.05. The van der Waals surface area contributed by atoms with Gasteiger partial charge in [0.1, 0.15) is 5.00 Å². The molecule has 0 saturated carbocycles. The quantitative estimate of drug-likeness (QED) is 0.214. The average molecular weight is 615 g/mol. The van der Waals surface area contributed by atoms with Gasteiger partial charge in [0.25, 0.3) is 15.9 Å². The summed E-state index contributed by atoms with van der Waals surface area (Å²) in [6.07, 6.45) is -1.26. The second kappa shape index (κ2) is 12.9. The third-order valence-corrected chi connectivity index (χ3v) is 8.23. The zero-order chi connectivity index (χ0) is 30.4. The van der Waals surface area contributed by atoms with Crippen LogP contribution in [0.5, 0.6) is 0 Å². The van der Waals surface area contributed by atoms with Crippen molar-refractivity contribution >= 4 is 49.9 Å². The number of nitrogens with one attached hydrogen (secondary N) is 2. The second-order valence-electron chi connectivity index (χ2n) is 8.74. The third kappa shape index (κ3) is 7.17. The largest absolute Gasteiger partial charge is 0.462 e. The first-order valence-electron chi connectivity index (χ1n) is 12.4. The Morgan fingerprint density at radius 2 is 1.60 bits per heavy atom. The normalized spacial score (nSPS) is 11.8. The van der Waals surface area contributed by atoms with Gasteiger partial charge in [-0.25, -0.2) is 26.8 Å². The van der Waals surface area contributed by atoms with Gasteiger partial charge in [-0.15, -0.1) is 11.3 Å². The van der Waals surface area contributed by atoms with Crippen molar-refractivity contribution in [3.8, 4) is 10.4 Å². The number of carbonyl (C=O) groups excluding carboxylic acids is 3. The topological polar surface area (TPSA) is 128 Å².